The highest BCUT2D eigenvalue weighted by Gasteiger charge is 2.63. The van der Waals surface area contributed by atoms with Crippen LogP contribution in [0.25, 0.3) is 6.08 Å². The van der Waals surface area contributed by atoms with Gasteiger partial charge < -0.3 is 9.64 Å². The molecule has 3 atom stereocenters. The monoisotopic (exact) mass is 445 g/mol. The van der Waals surface area contributed by atoms with Crippen molar-refractivity contribution < 1.29 is 9.53 Å². The Morgan fingerprint density at radius 2 is 1.65 bits per heavy atom. The fraction of sp³-hybridized carbons (Fsp3) is 0.207. The molecule has 0 saturated carbocycles. The second-order valence-corrected chi connectivity index (χ2v) is 8.52. The Kier molecular flexibility index (Phi) is 5.40. The molecule has 0 radical (unpaired) electrons. The summed E-state index contributed by atoms with van der Waals surface area (Å²) in [6, 6.07) is 27.7. The van der Waals surface area contributed by atoms with E-state index in [-0.39, 0.29) is 5.78 Å². The van der Waals surface area contributed by atoms with Crippen LogP contribution in [-0.2, 0) is 0 Å². The van der Waals surface area contributed by atoms with Gasteiger partial charge in [-0.05, 0) is 36.2 Å². The van der Waals surface area contributed by atoms with E-state index in [1.807, 2.05) is 90.7 Å². The summed E-state index contributed by atoms with van der Waals surface area (Å²) < 4.78 is 5.59. The molecule has 2 aliphatic rings. The molecule has 1 saturated heterocycles. The number of rotatable bonds is 5. The highest BCUT2D eigenvalue weighted by atomic mass is 16.5. The van der Waals surface area contributed by atoms with Gasteiger partial charge in [0.1, 0.15) is 11.8 Å². The van der Waals surface area contributed by atoms with Crippen LogP contribution in [0.15, 0.2) is 84.9 Å². The Morgan fingerprint density at radius 3 is 2.32 bits per heavy atom. The topological polar surface area (TPSA) is 77.1 Å². The van der Waals surface area contributed by atoms with E-state index in [1.165, 1.54) is 0 Å². The maximum absolute atomic E-state index is 14.1. The number of nitrogens with zero attached hydrogens (tertiary/aromatic N) is 3. The summed E-state index contributed by atoms with van der Waals surface area (Å²) in [6.45, 7) is 2.45. The Labute approximate surface area is 199 Å². The molecule has 0 amide bonds. The standard InChI is InChI=1S/C29H23N3O2/c1-2-34-23-15-12-21(13-16-23)26-27(28(33)22-9-4-3-5-10-22)32-24-11-7-6-8-20(24)14-17-25(32)29(26,18-30)19-31/h3-17,25-27H,2H2,1H3/t25?,26-,27+/m1/s1. The molecule has 166 valence electrons. The van der Waals surface area contributed by atoms with E-state index < -0.39 is 23.4 Å². The molecular weight excluding hydrogens is 422 g/mol. The van der Waals surface area contributed by atoms with Crippen molar-refractivity contribution >= 4 is 17.5 Å². The average molecular weight is 446 g/mol. The molecule has 5 rings (SSSR count). The molecule has 0 spiro atoms. The Morgan fingerprint density at radius 1 is 0.971 bits per heavy atom. The number of ketones is 1. The second-order valence-electron chi connectivity index (χ2n) is 8.52. The van der Waals surface area contributed by atoms with Crippen molar-refractivity contribution in [2.75, 3.05) is 11.5 Å². The van der Waals surface area contributed by atoms with Crippen molar-refractivity contribution in [1.29, 1.82) is 10.5 Å². The summed E-state index contributed by atoms with van der Waals surface area (Å²) in [5.74, 6) is -0.0636. The lowest BCUT2D eigenvalue weighted by molar-refractivity contribution is 0.0951. The Hall–Kier alpha value is -4.35. The van der Waals surface area contributed by atoms with E-state index in [9.17, 15) is 15.3 Å². The van der Waals surface area contributed by atoms with Crippen LogP contribution in [-0.4, -0.2) is 24.5 Å². The summed E-state index contributed by atoms with van der Waals surface area (Å²) in [6.07, 6.45) is 3.85. The first-order valence-corrected chi connectivity index (χ1v) is 11.3. The van der Waals surface area contributed by atoms with Crippen LogP contribution in [0.4, 0.5) is 5.69 Å². The van der Waals surface area contributed by atoms with Gasteiger partial charge >= 0.3 is 0 Å². The summed E-state index contributed by atoms with van der Waals surface area (Å²) in [7, 11) is 0. The van der Waals surface area contributed by atoms with Crippen LogP contribution < -0.4 is 9.64 Å². The molecule has 0 aromatic heterocycles. The number of fused-ring (bicyclic) bond motifs is 3. The van der Waals surface area contributed by atoms with Crippen LogP contribution in [0.2, 0.25) is 0 Å². The molecule has 2 aliphatic heterocycles. The highest BCUT2D eigenvalue weighted by molar-refractivity contribution is 6.04. The number of Topliss-reactive ketones (excluding diaryl/α,β-unsaturated/α-hetero) is 1. The largest absolute Gasteiger partial charge is 0.494 e. The predicted octanol–water partition coefficient (Wildman–Crippen LogP) is 5.37. The van der Waals surface area contributed by atoms with Gasteiger partial charge in [-0.25, -0.2) is 0 Å². The maximum Gasteiger partial charge on any atom is 0.185 e. The highest BCUT2D eigenvalue weighted by Crippen LogP contribution is 2.55. The summed E-state index contributed by atoms with van der Waals surface area (Å²) in [5.41, 5.74) is 1.68. The minimum atomic E-state index is -1.45. The molecule has 5 heteroatoms. The molecule has 0 aliphatic carbocycles. The minimum Gasteiger partial charge on any atom is -0.494 e. The number of para-hydroxylation sites is 1. The number of anilines is 1. The van der Waals surface area contributed by atoms with Crippen molar-refractivity contribution in [3.05, 3.63) is 102 Å². The van der Waals surface area contributed by atoms with Crippen LogP contribution in [0, 0.1) is 28.1 Å². The van der Waals surface area contributed by atoms with Crippen LogP contribution in [0.5, 0.6) is 5.75 Å². The summed E-state index contributed by atoms with van der Waals surface area (Å²) >= 11 is 0. The number of hydrogen-bond acceptors (Lipinski definition) is 5. The lowest BCUT2D eigenvalue weighted by Crippen LogP contribution is -2.44. The van der Waals surface area contributed by atoms with Crippen molar-refractivity contribution in [3.63, 3.8) is 0 Å². The SMILES string of the molecule is CCOc1ccc([C@@H]2[C@@H](C(=O)c3ccccc3)N3c4ccccc4C=CC3C2(C#N)C#N)cc1. The fourth-order valence-corrected chi connectivity index (χ4v) is 5.32. The molecule has 3 aromatic rings. The number of ether oxygens (including phenoxy) is 1. The Balaban J connectivity index is 1.74. The van der Waals surface area contributed by atoms with E-state index >= 15 is 0 Å². The van der Waals surface area contributed by atoms with E-state index in [1.54, 1.807) is 12.1 Å². The molecule has 5 nitrogen and oxygen atoms in total. The van der Waals surface area contributed by atoms with Crippen molar-refractivity contribution in [3.8, 4) is 17.9 Å². The van der Waals surface area contributed by atoms with Crippen molar-refractivity contribution in [2.24, 2.45) is 5.41 Å². The van der Waals surface area contributed by atoms with E-state index in [2.05, 4.69) is 12.1 Å². The summed E-state index contributed by atoms with van der Waals surface area (Å²) in [4.78, 5) is 16.1. The third kappa shape index (κ3) is 3.17. The smallest absolute Gasteiger partial charge is 0.185 e. The van der Waals surface area contributed by atoms with Gasteiger partial charge in [-0.1, -0.05) is 72.8 Å². The quantitative estimate of drug-likeness (QED) is 0.494. The minimum absolute atomic E-state index is 0.109. The number of hydrogen-bond donors (Lipinski definition) is 0. The first-order valence-electron chi connectivity index (χ1n) is 11.3. The van der Waals surface area contributed by atoms with Crippen molar-refractivity contribution in [2.45, 2.75) is 24.9 Å². The summed E-state index contributed by atoms with van der Waals surface area (Å²) in [5, 5.41) is 21.0. The van der Waals surface area contributed by atoms with Gasteiger partial charge in [-0.3, -0.25) is 4.79 Å². The average Bonchev–Trinajstić information content (AvgIpc) is 3.20. The lowest BCUT2D eigenvalue weighted by Gasteiger charge is -2.35. The molecule has 0 bridgehead atoms. The van der Waals surface area contributed by atoms with Gasteiger partial charge in [-0.15, -0.1) is 0 Å². The number of nitriles is 2. The van der Waals surface area contributed by atoms with Crippen LogP contribution >= 0.6 is 0 Å². The fourth-order valence-electron chi connectivity index (χ4n) is 5.32. The third-order valence-electron chi connectivity index (χ3n) is 6.79. The first kappa shape index (κ1) is 21.5. The molecule has 0 N–H and O–H groups in total. The zero-order valence-electron chi connectivity index (χ0n) is 18.8. The molecule has 1 fully saturated rings. The zero-order valence-corrected chi connectivity index (χ0v) is 18.8. The number of benzene rings is 3. The van der Waals surface area contributed by atoms with Gasteiger partial charge in [0.2, 0.25) is 0 Å². The molecule has 3 aromatic carbocycles. The normalized spacial score (nSPS) is 21.6. The first-order chi connectivity index (χ1) is 16.6. The molecule has 1 unspecified atom stereocenters. The van der Waals surface area contributed by atoms with Gasteiger partial charge in [0.25, 0.3) is 0 Å². The molecule has 34 heavy (non-hydrogen) atoms. The van der Waals surface area contributed by atoms with Crippen LogP contribution in [0.3, 0.4) is 0 Å². The lowest BCUT2D eigenvalue weighted by atomic mass is 9.69. The molecular formula is C29H23N3O2. The maximum atomic E-state index is 14.1. The third-order valence-corrected chi connectivity index (χ3v) is 6.79. The van der Waals surface area contributed by atoms with Gasteiger partial charge in [0.15, 0.2) is 11.2 Å². The second kappa shape index (κ2) is 8.54. The molecule has 2 heterocycles. The van der Waals surface area contributed by atoms with Gasteiger partial charge in [-0.2, -0.15) is 10.5 Å². The van der Waals surface area contributed by atoms with E-state index in [4.69, 9.17) is 4.74 Å². The van der Waals surface area contributed by atoms with Crippen LogP contribution in [0.1, 0.15) is 34.3 Å². The van der Waals surface area contributed by atoms with E-state index in [0.29, 0.717) is 17.9 Å². The zero-order chi connectivity index (χ0) is 23.7. The Bertz CT molecular complexity index is 1320. The number of carbonyl (C=O) groups excluding carboxylic acids is 1. The van der Waals surface area contributed by atoms with Gasteiger partial charge in [0.05, 0.1) is 24.8 Å². The van der Waals surface area contributed by atoms with Crippen molar-refractivity contribution in [1.82, 2.24) is 0 Å². The van der Waals surface area contributed by atoms with E-state index in [0.717, 1.165) is 16.8 Å². The van der Waals surface area contributed by atoms with Gasteiger partial charge in [0, 0.05) is 17.2 Å². The number of carbonyl (C=O) groups is 1. The predicted molar refractivity (Wildman–Crippen MR) is 130 cm³/mol.